The van der Waals surface area contributed by atoms with Crippen molar-refractivity contribution >= 4 is 17.2 Å². The van der Waals surface area contributed by atoms with Crippen LogP contribution in [-0.4, -0.2) is 37.6 Å². The summed E-state index contributed by atoms with van der Waals surface area (Å²) in [5.74, 6) is 1.06. The topological polar surface area (TPSA) is 63.9 Å². The molecule has 0 unspecified atom stereocenters. The summed E-state index contributed by atoms with van der Waals surface area (Å²) in [4.78, 5) is 14.6. The molecule has 0 radical (unpaired) electrons. The Bertz CT molecular complexity index is 607. The number of thiophene rings is 1. The number of rotatable bonds is 4. The summed E-state index contributed by atoms with van der Waals surface area (Å²) >= 11 is 1.68. The molecule has 2 aromatic heterocycles. The summed E-state index contributed by atoms with van der Waals surface area (Å²) in [6, 6.07) is 2.32. The van der Waals surface area contributed by atoms with Gasteiger partial charge in [-0.05, 0) is 45.7 Å². The highest BCUT2D eigenvalue weighted by atomic mass is 32.1. The van der Waals surface area contributed by atoms with Gasteiger partial charge in [0, 0.05) is 12.5 Å². The van der Waals surface area contributed by atoms with Crippen LogP contribution in [0, 0.1) is 0 Å². The van der Waals surface area contributed by atoms with E-state index in [4.69, 9.17) is 0 Å². The van der Waals surface area contributed by atoms with Crippen molar-refractivity contribution in [3.8, 4) is 0 Å². The fourth-order valence-electron chi connectivity index (χ4n) is 2.83. The van der Waals surface area contributed by atoms with E-state index < -0.39 is 0 Å². The third-order valence-corrected chi connectivity index (χ3v) is 4.56. The molecule has 0 spiro atoms. The van der Waals surface area contributed by atoms with Gasteiger partial charge in [0.15, 0.2) is 5.82 Å². The number of hydrogen-bond acceptors (Lipinski definition) is 5. The molecule has 112 valence electrons. The molecule has 0 saturated carbocycles. The molecule has 1 aliphatic rings. The van der Waals surface area contributed by atoms with E-state index in [0.717, 1.165) is 25.2 Å². The number of aromatic nitrogens is 4. The first-order valence-electron chi connectivity index (χ1n) is 7.24. The van der Waals surface area contributed by atoms with Crippen LogP contribution in [0.5, 0.6) is 0 Å². The van der Waals surface area contributed by atoms with Crippen LogP contribution in [0.4, 0.5) is 0 Å². The number of carbonyl (C=O) groups excluding carboxylic acids is 1. The Balaban J connectivity index is 1.74. The predicted molar refractivity (Wildman–Crippen MR) is 79.9 cm³/mol. The van der Waals surface area contributed by atoms with E-state index in [1.807, 2.05) is 18.7 Å². The van der Waals surface area contributed by atoms with Gasteiger partial charge in [0.25, 0.3) is 0 Å². The lowest BCUT2D eigenvalue weighted by molar-refractivity contribution is -0.133. The Morgan fingerprint density at radius 3 is 3.10 bits per heavy atom. The minimum Gasteiger partial charge on any atom is -0.334 e. The van der Waals surface area contributed by atoms with E-state index in [1.165, 1.54) is 5.56 Å². The van der Waals surface area contributed by atoms with E-state index in [9.17, 15) is 4.79 Å². The van der Waals surface area contributed by atoms with Crippen LogP contribution in [-0.2, 0) is 11.3 Å². The second-order valence-corrected chi connectivity index (χ2v) is 6.43. The van der Waals surface area contributed by atoms with Gasteiger partial charge in [-0.1, -0.05) is 13.8 Å². The van der Waals surface area contributed by atoms with Crippen LogP contribution in [0.1, 0.15) is 50.0 Å². The van der Waals surface area contributed by atoms with Crippen LogP contribution < -0.4 is 0 Å². The van der Waals surface area contributed by atoms with Crippen molar-refractivity contribution in [1.29, 1.82) is 0 Å². The Labute approximate surface area is 127 Å². The maximum atomic E-state index is 12.6. The third-order valence-electron chi connectivity index (χ3n) is 3.86. The van der Waals surface area contributed by atoms with Crippen molar-refractivity contribution in [3.63, 3.8) is 0 Å². The molecule has 0 aromatic carbocycles. The maximum Gasteiger partial charge on any atom is 0.244 e. The third kappa shape index (κ3) is 2.83. The summed E-state index contributed by atoms with van der Waals surface area (Å²) < 4.78 is 1.62. The van der Waals surface area contributed by atoms with Gasteiger partial charge < -0.3 is 4.90 Å². The molecule has 1 amide bonds. The van der Waals surface area contributed by atoms with Gasteiger partial charge in [0.2, 0.25) is 5.91 Å². The maximum absolute atomic E-state index is 12.6. The molecule has 1 saturated heterocycles. The van der Waals surface area contributed by atoms with Crippen molar-refractivity contribution in [3.05, 3.63) is 28.2 Å². The van der Waals surface area contributed by atoms with E-state index in [0.29, 0.717) is 0 Å². The van der Waals surface area contributed by atoms with E-state index in [1.54, 1.807) is 16.0 Å². The number of tetrazole rings is 1. The highest BCUT2D eigenvalue weighted by Gasteiger charge is 2.30. The van der Waals surface area contributed by atoms with Crippen LogP contribution in [0.2, 0.25) is 0 Å². The molecule has 3 rings (SSSR count). The van der Waals surface area contributed by atoms with Gasteiger partial charge in [-0.2, -0.15) is 11.3 Å². The Morgan fingerprint density at radius 2 is 2.38 bits per heavy atom. The molecular weight excluding hydrogens is 286 g/mol. The first kappa shape index (κ1) is 14.2. The number of amides is 1. The van der Waals surface area contributed by atoms with Crippen molar-refractivity contribution in [2.45, 2.75) is 45.2 Å². The summed E-state index contributed by atoms with van der Waals surface area (Å²) in [7, 11) is 0. The first-order valence-corrected chi connectivity index (χ1v) is 8.18. The van der Waals surface area contributed by atoms with Gasteiger partial charge in [-0.3, -0.25) is 4.79 Å². The molecule has 0 aliphatic carbocycles. The van der Waals surface area contributed by atoms with Crippen LogP contribution in [0.3, 0.4) is 0 Å². The smallest absolute Gasteiger partial charge is 0.244 e. The molecule has 21 heavy (non-hydrogen) atoms. The molecule has 1 atom stereocenters. The van der Waals surface area contributed by atoms with E-state index in [-0.39, 0.29) is 24.4 Å². The molecule has 1 aliphatic heterocycles. The minimum atomic E-state index is 0.0953. The average Bonchev–Trinajstić information content (AvgIpc) is 3.19. The molecule has 2 aromatic rings. The van der Waals surface area contributed by atoms with Gasteiger partial charge in [0.1, 0.15) is 6.54 Å². The van der Waals surface area contributed by atoms with Gasteiger partial charge in [-0.15, -0.1) is 5.10 Å². The second-order valence-electron chi connectivity index (χ2n) is 5.65. The normalized spacial score (nSPS) is 18.6. The quantitative estimate of drug-likeness (QED) is 0.869. The average molecular weight is 305 g/mol. The number of hydrogen-bond donors (Lipinski definition) is 0. The van der Waals surface area contributed by atoms with Crippen molar-refractivity contribution in [1.82, 2.24) is 25.1 Å². The van der Waals surface area contributed by atoms with Crippen LogP contribution in [0.25, 0.3) is 0 Å². The largest absolute Gasteiger partial charge is 0.334 e. The lowest BCUT2D eigenvalue weighted by atomic mass is 10.1. The molecule has 0 N–H and O–H groups in total. The number of likely N-dealkylation sites (tertiary alicyclic amines) is 1. The molecule has 7 heteroatoms. The number of nitrogens with zero attached hydrogens (tertiary/aromatic N) is 5. The minimum absolute atomic E-state index is 0.0953. The van der Waals surface area contributed by atoms with Gasteiger partial charge in [0.05, 0.1) is 6.04 Å². The molecule has 0 bridgehead atoms. The lowest BCUT2D eigenvalue weighted by Gasteiger charge is -2.24. The molecule has 3 heterocycles. The first-order chi connectivity index (χ1) is 10.2. The Kier molecular flexibility index (Phi) is 4.01. The summed E-state index contributed by atoms with van der Waals surface area (Å²) in [6.45, 7) is 5.09. The highest BCUT2D eigenvalue weighted by molar-refractivity contribution is 7.07. The molecule has 1 fully saturated rings. The zero-order chi connectivity index (χ0) is 14.8. The van der Waals surface area contributed by atoms with Crippen LogP contribution >= 0.6 is 11.3 Å². The zero-order valence-electron chi connectivity index (χ0n) is 12.3. The predicted octanol–water partition coefficient (Wildman–Crippen LogP) is 2.22. The summed E-state index contributed by atoms with van der Waals surface area (Å²) in [5.41, 5.74) is 1.24. The lowest BCUT2D eigenvalue weighted by Crippen LogP contribution is -2.34. The molecular formula is C14H19N5OS. The van der Waals surface area contributed by atoms with Crippen molar-refractivity contribution in [2.75, 3.05) is 6.54 Å². The van der Waals surface area contributed by atoms with Crippen molar-refractivity contribution in [2.24, 2.45) is 0 Å². The van der Waals surface area contributed by atoms with Crippen LogP contribution in [0.15, 0.2) is 16.8 Å². The summed E-state index contributed by atoms with van der Waals surface area (Å²) in [6.07, 6.45) is 2.09. The van der Waals surface area contributed by atoms with E-state index >= 15 is 0 Å². The number of carbonyl (C=O) groups is 1. The van der Waals surface area contributed by atoms with Gasteiger partial charge >= 0.3 is 0 Å². The highest BCUT2D eigenvalue weighted by Crippen LogP contribution is 2.33. The summed E-state index contributed by atoms with van der Waals surface area (Å²) in [5, 5.41) is 15.8. The van der Waals surface area contributed by atoms with Gasteiger partial charge in [-0.25, -0.2) is 4.68 Å². The fourth-order valence-corrected chi connectivity index (χ4v) is 3.54. The van der Waals surface area contributed by atoms with E-state index in [2.05, 4.69) is 32.4 Å². The SMILES string of the molecule is CC(C)c1nnnn1CC(=O)N1CCC[C@@H]1c1ccsc1. The molecule has 6 nitrogen and oxygen atoms in total. The monoisotopic (exact) mass is 305 g/mol. The van der Waals surface area contributed by atoms with Crippen molar-refractivity contribution < 1.29 is 4.79 Å². The fraction of sp³-hybridized carbons (Fsp3) is 0.571. The second kappa shape index (κ2) is 5.93. The Morgan fingerprint density at radius 1 is 1.52 bits per heavy atom. The zero-order valence-corrected chi connectivity index (χ0v) is 13.1. The standard InChI is InChI=1S/C14H19N5OS/c1-10(2)14-15-16-17-19(14)8-13(20)18-6-3-4-12(18)11-5-7-21-9-11/h5,7,9-10,12H,3-4,6,8H2,1-2H3/t12-/m1/s1. The Hall–Kier alpha value is -1.76.